The molecule has 72 valence electrons. The molecular formula is C9H13NO3. The first kappa shape index (κ1) is 9.89. The molecule has 1 aliphatic heterocycles. The van der Waals surface area contributed by atoms with Crippen LogP contribution in [0.1, 0.15) is 26.7 Å². The molecule has 1 heterocycles. The van der Waals surface area contributed by atoms with Gasteiger partial charge in [-0.3, -0.25) is 19.3 Å². The lowest BCUT2D eigenvalue weighted by molar-refractivity contribution is -0.150. The van der Waals surface area contributed by atoms with Gasteiger partial charge in [-0.2, -0.15) is 0 Å². The van der Waals surface area contributed by atoms with E-state index < -0.39 is 0 Å². The molecule has 1 rings (SSSR count). The summed E-state index contributed by atoms with van der Waals surface area (Å²) < 4.78 is 0. The molecule has 13 heavy (non-hydrogen) atoms. The molecule has 0 saturated carbocycles. The van der Waals surface area contributed by atoms with Crippen molar-refractivity contribution in [3.63, 3.8) is 0 Å². The summed E-state index contributed by atoms with van der Waals surface area (Å²) in [5, 5.41) is 0. The zero-order valence-corrected chi connectivity index (χ0v) is 7.87. The first-order valence-corrected chi connectivity index (χ1v) is 4.38. The van der Waals surface area contributed by atoms with Crippen LogP contribution >= 0.6 is 0 Å². The second-order valence-corrected chi connectivity index (χ2v) is 3.50. The van der Waals surface area contributed by atoms with Gasteiger partial charge in [0.1, 0.15) is 5.78 Å². The van der Waals surface area contributed by atoms with Gasteiger partial charge >= 0.3 is 0 Å². The van der Waals surface area contributed by atoms with Gasteiger partial charge in [0, 0.05) is 18.9 Å². The van der Waals surface area contributed by atoms with Gasteiger partial charge in [0.2, 0.25) is 11.8 Å². The fraction of sp³-hybridized carbons (Fsp3) is 0.667. The zero-order valence-electron chi connectivity index (χ0n) is 7.87. The SMILES string of the molecule is CC(C)C(=O)N1CCC(=O)CC1=O. The lowest BCUT2D eigenvalue weighted by atomic mass is 10.1. The molecule has 0 N–H and O–H groups in total. The number of nitrogens with zero attached hydrogens (tertiary/aromatic N) is 1. The van der Waals surface area contributed by atoms with Crippen LogP contribution in [0.3, 0.4) is 0 Å². The van der Waals surface area contributed by atoms with E-state index in [9.17, 15) is 14.4 Å². The van der Waals surface area contributed by atoms with Crippen LogP contribution in [0, 0.1) is 5.92 Å². The van der Waals surface area contributed by atoms with E-state index in [4.69, 9.17) is 0 Å². The fourth-order valence-electron chi connectivity index (χ4n) is 1.26. The summed E-state index contributed by atoms with van der Waals surface area (Å²) in [5.41, 5.74) is 0. The highest BCUT2D eigenvalue weighted by molar-refractivity contribution is 6.07. The van der Waals surface area contributed by atoms with Gasteiger partial charge in [-0.15, -0.1) is 0 Å². The number of rotatable bonds is 1. The normalized spacial score (nSPS) is 18.2. The van der Waals surface area contributed by atoms with Crippen LogP contribution in [0.5, 0.6) is 0 Å². The van der Waals surface area contributed by atoms with Crippen molar-refractivity contribution >= 4 is 17.6 Å². The van der Waals surface area contributed by atoms with E-state index in [-0.39, 0.29) is 36.5 Å². The number of hydrogen-bond donors (Lipinski definition) is 0. The fourth-order valence-corrected chi connectivity index (χ4v) is 1.26. The molecule has 1 fully saturated rings. The monoisotopic (exact) mass is 183 g/mol. The first-order chi connectivity index (χ1) is 6.02. The Morgan fingerprint density at radius 2 is 2.00 bits per heavy atom. The summed E-state index contributed by atoms with van der Waals surface area (Å²) in [6, 6.07) is 0. The van der Waals surface area contributed by atoms with Crippen molar-refractivity contribution in [2.24, 2.45) is 5.92 Å². The maximum Gasteiger partial charge on any atom is 0.236 e. The molecule has 0 atom stereocenters. The van der Waals surface area contributed by atoms with Crippen LogP contribution in [0.2, 0.25) is 0 Å². The van der Waals surface area contributed by atoms with Crippen molar-refractivity contribution in [2.45, 2.75) is 26.7 Å². The first-order valence-electron chi connectivity index (χ1n) is 4.38. The Balaban J connectivity index is 2.66. The third-order valence-electron chi connectivity index (χ3n) is 2.02. The van der Waals surface area contributed by atoms with E-state index in [2.05, 4.69) is 0 Å². The minimum Gasteiger partial charge on any atom is -0.299 e. The van der Waals surface area contributed by atoms with E-state index >= 15 is 0 Å². The minimum atomic E-state index is -0.352. The average molecular weight is 183 g/mol. The van der Waals surface area contributed by atoms with Gasteiger partial charge < -0.3 is 0 Å². The molecule has 0 aromatic heterocycles. The van der Waals surface area contributed by atoms with Crippen molar-refractivity contribution in [3.05, 3.63) is 0 Å². The van der Waals surface area contributed by atoms with E-state index in [1.165, 1.54) is 4.90 Å². The van der Waals surface area contributed by atoms with Gasteiger partial charge in [-0.05, 0) is 0 Å². The van der Waals surface area contributed by atoms with Crippen LogP contribution in [0.15, 0.2) is 0 Å². The molecule has 0 bridgehead atoms. The number of amides is 2. The number of carbonyl (C=O) groups excluding carboxylic acids is 3. The highest BCUT2D eigenvalue weighted by Gasteiger charge is 2.29. The Bertz CT molecular complexity index is 258. The summed E-state index contributed by atoms with van der Waals surface area (Å²) in [5.74, 6) is -0.789. The largest absolute Gasteiger partial charge is 0.299 e. The molecule has 4 nitrogen and oxygen atoms in total. The van der Waals surface area contributed by atoms with Gasteiger partial charge in [-0.1, -0.05) is 13.8 Å². The number of piperidine rings is 1. The smallest absolute Gasteiger partial charge is 0.236 e. The molecule has 0 spiro atoms. The molecule has 0 unspecified atom stereocenters. The lowest BCUT2D eigenvalue weighted by Gasteiger charge is -2.25. The number of Topliss-reactive ketones (excluding diaryl/α,β-unsaturated/α-hetero) is 1. The highest BCUT2D eigenvalue weighted by atomic mass is 16.2. The average Bonchev–Trinajstić information content (AvgIpc) is 2.03. The quantitative estimate of drug-likeness (QED) is 0.551. The zero-order chi connectivity index (χ0) is 10.0. The third kappa shape index (κ3) is 2.14. The Morgan fingerprint density at radius 3 is 2.46 bits per heavy atom. The molecule has 2 amide bonds. The number of carbonyl (C=O) groups is 3. The van der Waals surface area contributed by atoms with E-state index in [1.807, 2.05) is 0 Å². The van der Waals surface area contributed by atoms with Crippen molar-refractivity contribution in [2.75, 3.05) is 6.54 Å². The van der Waals surface area contributed by atoms with Crippen LogP contribution in [-0.4, -0.2) is 29.0 Å². The standard InChI is InChI=1S/C9H13NO3/c1-6(2)9(13)10-4-3-7(11)5-8(10)12/h6H,3-5H2,1-2H3. The second-order valence-electron chi connectivity index (χ2n) is 3.50. The van der Waals surface area contributed by atoms with Crippen LogP contribution in [-0.2, 0) is 14.4 Å². The molecule has 1 aliphatic rings. The van der Waals surface area contributed by atoms with Crippen LogP contribution in [0.4, 0.5) is 0 Å². The number of likely N-dealkylation sites (tertiary alicyclic amines) is 1. The Morgan fingerprint density at radius 1 is 1.38 bits per heavy atom. The van der Waals surface area contributed by atoms with Gasteiger partial charge in [0.05, 0.1) is 6.42 Å². The lowest BCUT2D eigenvalue weighted by Crippen LogP contribution is -2.44. The topological polar surface area (TPSA) is 54.5 Å². The third-order valence-corrected chi connectivity index (χ3v) is 2.02. The predicted molar refractivity (Wildman–Crippen MR) is 45.8 cm³/mol. The van der Waals surface area contributed by atoms with Crippen LogP contribution in [0.25, 0.3) is 0 Å². The molecule has 4 heteroatoms. The molecule has 1 saturated heterocycles. The summed E-state index contributed by atoms with van der Waals surface area (Å²) in [4.78, 5) is 34.7. The summed E-state index contributed by atoms with van der Waals surface area (Å²) >= 11 is 0. The maximum atomic E-state index is 11.4. The van der Waals surface area contributed by atoms with Gasteiger partial charge in [0.15, 0.2) is 0 Å². The molecule has 0 aromatic carbocycles. The van der Waals surface area contributed by atoms with Crippen molar-refractivity contribution in [1.29, 1.82) is 0 Å². The summed E-state index contributed by atoms with van der Waals surface area (Å²) in [7, 11) is 0. The molecule has 0 radical (unpaired) electrons. The summed E-state index contributed by atoms with van der Waals surface area (Å²) in [6.45, 7) is 3.74. The van der Waals surface area contributed by atoms with Gasteiger partial charge in [0.25, 0.3) is 0 Å². The van der Waals surface area contributed by atoms with Gasteiger partial charge in [-0.25, -0.2) is 0 Å². The molecular weight excluding hydrogens is 170 g/mol. The highest BCUT2D eigenvalue weighted by Crippen LogP contribution is 2.11. The maximum absolute atomic E-state index is 11.4. The summed E-state index contributed by atoms with van der Waals surface area (Å²) in [6.07, 6.45) is 0.197. The number of hydrogen-bond acceptors (Lipinski definition) is 3. The van der Waals surface area contributed by atoms with E-state index in [0.717, 1.165) is 0 Å². The van der Waals surface area contributed by atoms with Crippen molar-refractivity contribution < 1.29 is 14.4 Å². The van der Waals surface area contributed by atoms with Crippen molar-refractivity contribution in [3.8, 4) is 0 Å². The van der Waals surface area contributed by atoms with E-state index in [1.54, 1.807) is 13.8 Å². The Kier molecular flexibility index (Phi) is 2.80. The van der Waals surface area contributed by atoms with E-state index in [0.29, 0.717) is 6.42 Å². The van der Waals surface area contributed by atoms with Crippen LogP contribution < -0.4 is 0 Å². The number of imide groups is 1. The Labute approximate surface area is 76.9 Å². The number of ketones is 1. The Hall–Kier alpha value is -1.19. The minimum absolute atomic E-state index is 0.0715. The molecule has 0 aromatic rings. The van der Waals surface area contributed by atoms with Crippen molar-refractivity contribution in [1.82, 2.24) is 4.90 Å². The second kappa shape index (κ2) is 3.68. The predicted octanol–water partition coefficient (Wildman–Crippen LogP) is 0.360. The molecule has 0 aliphatic carbocycles.